The first kappa shape index (κ1) is 16.3. The summed E-state index contributed by atoms with van der Waals surface area (Å²) in [4.78, 5) is 24.5. The molecule has 21 heavy (non-hydrogen) atoms. The molecule has 1 aromatic rings. The molecule has 1 saturated heterocycles. The van der Waals surface area contributed by atoms with E-state index in [2.05, 4.69) is 37.2 Å². The lowest BCUT2D eigenvalue weighted by atomic mass is 10.2. The molecule has 1 aromatic carbocycles. The minimum Gasteiger partial charge on any atom is -0.481 e. The molecule has 1 fully saturated rings. The normalized spacial score (nSPS) is 18.4. The number of ether oxygens (including phenoxy) is 1. The van der Waals surface area contributed by atoms with Gasteiger partial charge in [-0.05, 0) is 34.1 Å². The molecule has 1 heterocycles. The van der Waals surface area contributed by atoms with Gasteiger partial charge in [0.25, 0.3) is 0 Å². The Morgan fingerprint density at radius 2 is 2.19 bits per heavy atom. The Morgan fingerprint density at radius 3 is 2.90 bits per heavy atom. The SMILES string of the molecule is O=C(O)CC1CN(C(=O)Nc2cc(Br)ccc2Br)CCO1. The number of nitrogens with one attached hydrogen (secondary N) is 1. The van der Waals surface area contributed by atoms with E-state index in [4.69, 9.17) is 9.84 Å². The molecule has 2 N–H and O–H groups in total. The van der Waals surface area contributed by atoms with Crippen LogP contribution in [0.1, 0.15) is 6.42 Å². The van der Waals surface area contributed by atoms with Crippen LogP contribution in [-0.2, 0) is 9.53 Å². The predicted octanol–water partition coefficient (Wildman–Crippen LogP) is 2.92. The zero-order valence-electron chi connectivity index (χ0n) is 11.0. The van der Waals surface area contributed by atoms with Crippen LogP contribution >= 0.6 is 31.9 Å². The number of hydrogen-bond acceptors (Lipinski definition) is 3. The van der Waals surface area contributed by atoms with Gasteiger partial charge >= 0.3 is 12.0 Å². The third-order valence-electron chi connectivity index (χ3n) is 3.00. The molecule has 1 aliphatic heterocycles. The van der Waals surface area contributed by atoms with Gasteiger partial charge in [-0.1, -0.05) is 15.9 Å². The van der Waals surface area contributed by atoms with Gasteiger partial charge in [0.15, 0.2) is 0 Å². The maximum atomic E-state index is 12.2. The van der Waals surface area contributed by atoms with Gasteiger partial charge in [-0.3, -0.25) is 4.79 Å². The number of carboxylic acid groups (broad SMARTS) is 1. The van der Waals surface area contributed by atoms with Gasteiger partial charge < -0.3 is 20.1 Å². The number of rotatable bonds is 3. The van der Waals surface area contributed by atoms with Crippen molar-refractivity contribution in [1.29, 1.82) is 0 Å². The van der Waals surface area contributed by atoms with Crippen LogP contribution in [0.15, 0.2) is 27.1 Å². The summed E-state index contributed by atoms with van der Waals surface area (Å²) >= 11 is 6.72. The van der Waals surface area contributed by atoms with Crippen LogP contribution < -0.4 is 5.32 Å². The molecule has 2 amide bonds. The summed E-state index contributed by atoms with van der Waals surface area (Å²) < 4.78 is 6.97. The third-order valence-corrected chi connectivity index (χ3v) is 4.18. The minimum absolute atomic E-state index is 0.107. The van der Waals surface area contributed by atoms with Crippen molar-refractivity contribution >= 4 is 49.5 Å². The average molecular weight is 422 g/mol. The van der Waals surface area contributed by atoms with Crippen LogP contribution in [-0.4, -0.2) is 47.8 Å². The average Bonchev–Trinajstić information content (AvgIpc) is 2.42. The second-order valence-electron chi connectivity index (χ2n) is 4.59. The van der Waals surface area contributed by atoms with Gasteiger partial charge in [0.1, 0.15) is 0 Å². The van der Waals surface area contributed by atoms with Crippen molar-refractivity contribution in [3.05, 3.63) is 27.1 Å². The summed E-state index contributed by atoms with van der Waals surface area (Å²) in [6.07, 6.45) is -0.572. The van der Waals surface area contributed by atoms with Crippen LogP contribution in [0.25, 0.3) is 0 Å². The molecule has 0 radical (unpaired) electrons. The van der Waals surface area contributed by atoms with Gasteiger partial charge in [0.2, 0.25) is 0 Å². The van der Waals surface area contributed by atoms with E-state index in [1.54, 1.807) is 11.0 Å². The molecule has 0 bridgehead atoms. The van der Waals surface area contributed by atoms with E-state index < -0.39 is 12.1 Å². The number of carbonyl (C=O) groups excluding carboxylic acids is 1. The molecule has 1 unspecified atom stereocenters. The molecular weight excluding hydrogens is 408 g/mol. The monoisotopic (exact) mass is 420 g/mol. The van der Waals surface area contributed by atoms with Crippen LogP contribution in [0.3, 0.4) is 0 Å². The highest BCUT2D eigenvalue weighted by molar-refractivity contribution is 9.11. The lowest BCUT2D eigenvalue weighted by Gasteiger charge is -2.32. The molecule has 0 aliphatic carbocycles. The first-order chi connectivity index (χ1) is 9.95. The molecule has 8 heteroatoms. The molecule has 1 aliphatic rings. The van der Waals surface area contributed by atoms with Crippen molar-refractivity contribution in [2.24, 2.45) is 0 Å². The van der Waals surface area contributed by atoms with E-state index in [-0.39, 0.29) is 19.0 Å². The molecule has 2 rings (SSSR count). The standard InChI is InChI=1S/C13H14Br2N2O4/c14-8-1-2-10(15)11(5-8)16-13(20)17-3-4-21-9(7-17)6-12(18)19/h1-2,5,9H,3-4,6-7H2,(H,16,20)(H,18,19). The summed E-state index contributed by atoms with van der Waals surface area (Å²) in [5.41, 5.74) is 0.649. The molecule has 0 saturated carbocycles. The number of hydrogen-bond donors (Lipinski definition) is 2. The van der Waals surface area contributed by atoms with E-state index in [0.29, 0.717) is 18.8 Å². The van der Waals surface area contributed by atoms with Gasteiger partial charge in [0, 0.05) is 22.0 Å². The lowest BCUT2D eigenvalue weighted by molar-refractivity contribution is -0.141. The van der Waals surface area contributed by atoms with Crippen molar-refractivity contribution in [2.45, 2.75) is 12.5 Å². The number of anilines is 1. The summed E-state index contributed by atoms with van der Waals surface area (Å²) in [7, 11) is 0. The first-order valence-corrected chi connectivity index (χ1v) is 7.88. The zero-order chi connectivity index (χ0) is 15.4. The summed E-state index contributed by atoms with van der Waals surface area (Å²) in [5, 5.41) is 11.6. The van der Waals surface area contributed by atoms with Crippen LogP contribution in [0.5, 0.6) is 0 Å². The second-order valence-corrected chi connectivity index (χ2v) is 6.36. The fourth-order valence-electron chi connectivity index (χ4n) is 2.01. The number of aliphatic carboxylic acids is 1. The Bertz CT molecular complexity index is 553. The van der Waals surface area contributed by atoms with Crippen LogP contribution in [0.2, 0.25) is 0 Å². The number of halogens is 2. The van der Waals surface area contributed by atoms with Gasteiger partial charge in [-0.2, -0.15) is 0 Å². The Kier molecular flexibility index (Phi) is 5.60. The van der Waals surface area contributed by atoms with Crippen molar-refractivity contribution in [1.82, 2.24) is 4.90 Å². The number of carbonyl (C=O) groups is 2. The van der Waals surface area contributed by atoms with E-state index in [1.165, 1.54) is 0 Å². The number of morpholine rings is 1. The molecule has 0 spiro atoms. The van der Waals surface area contributed by atoms with Crippen molar-refractivity contribution < 1.29 is 19.4 Å². The van der Waals surface area contributed by atoms with Gasteiger partial charge in [0.05, 0.1) is 24.8 Å². The highest BCUT2D eigenvalue weighted by Crippen LogP contribution is 2.26. The Hall–Kier alpha value is -1.12. The number of carboxylic acids is 1. The fraction of sp³-hybridized carbons (Fsp3) is 0.385. The number of urea groups is 1. The van der Waals surface area contributed by atoms with E-state index in [9.17, 15) is 9.59 Å². The molecule has 1 atom stereocenters. The largest absolute Gasteiger partial charge is 0.481 e. The minimum atomic E-state index is -0.933. The smallest absolute Gasteiger partial charge is 0.322 e. The van der Waals surface area contributed by atoms with Gasteiger partial charge in [-0.25, -0.2) is 4.79 Å². The highest BCUT2D eigenvalue weighted by atomic mass is 79.9. The third kappa shape index (κ3) is 4.69. The molecule has 6 nitrogen and oxygen atoms in total. The fourth-order valence-corrected chi connectivity index (χ4v) is 2.72. The first-order valence-electron chi connectivity index (χ1n) is 6.30. The van der Waals surface area contributed by atoms with Crippen molar-refractivity contribution in [3.63, 3.8) is 0 Å². The number of amides is 2. The van der Waals surface area contributed by atoms with Crippen LogP contribution in [0, 0.1) is 0 Å². The highest BCUT2D eigenvalue weighted by Gasteiger charge is 2.26. The molecular formula is C13H14Br2N2O4. The maximum absolute atomic E-state index is 12.2. The van der Waals surface area contributed by atoms with E-state index in [1.807, 2.05) is 12.1 Å². The van der Waals surface area contributed by atoms with Crippen molar-refractivity contribution in [3.8, 4) is 0 Å². The zero-order valence-corrected chi connectivity index (χ0v) is 14.2. The molecule has 0 aromatic heterocycles. The predicted molar refractivity (Wildman–Crippen MR) is 84.4 cm³/mol. The van der Waals surface area contributed by atoms with E-state index in [0.717, 1.165) is 8.95 Å². The second kappa shape index (κ2) is 7.24. The Labute approximate surface area is 138 Å². The van der Waals surface area contributed by atoms with E-state index >= 15 is 0 Å². The Balaban J connectivity index is 1.99. The lowest BCUT2D eigenvalue weighted by Crippen LogP contribution is -2.47. The number of benzene rings is 1. The molecule has 114 valence electrons. The summed E-state index contributed by atoms with van der Waals surface area (Å²) in [6, 6.07) is 5.20. The summed E-state index contributed by atoms with van der Waals surface area (Å²) in [6.45, 7) is 1.04. The maximum Gasteiger partial charge on any atom is 0.322 e. The number of nitrogens with zero attached hydrogens (tertiary/aromatic N) is 1. The Morgan fingerprint density at radius 1 is 1.43 bits per heavy atom. The van der Waals surface area contributed by atoms with Crippen molar-refractivity contribution in [2.75, 3.05) is 25.0 Å². The quantitative estimate of drug-likeness (QED) is 0.786. The van der Waals surface area contributed by atoms with Gasteiger partial charge in [-0.15, -0.1) is 0 Å². The topological polar surface area (TPSA) is 78.9 Å². The van der Waals surface area contributed by atoms with Crippen LogP contribution in [0.4, 0.5) is 10.5 Å². The summed E-state index contributed by atoms with van der Waals surface area (Å²) in [5.74, 6) is -0.933.